The van der Waals surface area contributed by atoms with Crippen LogP contribution in [0.3, 0.4) is 0 Å². The second-order valence-electron chi connectivity index (χ2n) is 5.70. The third kappa shape index (κ3) is 3.05. The molecule has 1 aliphatic carbocycles. The topological polar surface area (TPSA) is 17.1 Å². The molecule has 0 amide bonds. The Kier molecular flexibility index (Phi) is 4.21. The van der Waals surface area contributed by atoms with Crippen molar-refractivity contribution < 1.29 is 18.0 Å². The summed E-state index contributed by atoms with van der Waals surface area (Å²) in [5.41, 5.74) is 2.65. The van der Waals surface area contributed by atoms with E-state index in [-0.39, 0.29) is 24.5 Å². The molecule has 0 heterocycles. The number of carbonyl (C=O) groups excluding carboxylic acids is 1. The second-order valence-corrected chi connectivity index (χ2v) is 5.70. The number of carbonyl (C=O) groups is 1. The molecule has 0 aliphatic heterocycles. The lowest BCUT2D eigenvalue weighted by molar-refractivity contribution is -0.183. The first-order chi connectivity index (χ1) is 9.30. The Morgan fingerprint density at radius 2 is 1.70 bits per heavy atom. The van der Waals surface area contributed by atoms with Crippen LogP contribution < -0.4 is 0 Å². The molecule has 0 radical (unpaired) electrons. The SMILES string of the molecule is Cc1cccc(C(=O)C2CCC(C(F)(F)F)CC2)c1C. The summed E-state index contributed by atoms with van der Waals surface area (Å²) < 4.78 is 37.9. The zero-order chi connectivity index (χ0) is 14.9. The van der Waals surface area contributed by atoms with Crippen LogP contribution in [0.15, 0.2) is 18.2 Å². The van der Waals surface area contributed by atoms with E-state index in [1.807, 2.05) is 26.0 Å². The summed E-state index contributed by atoms with van der Waals surface area (Å²) in [4.78, 5) is 12.4. The van der Waals surface area contributed by atoms with Gasteiger partial charge in [-0.2, -0.15) is 13.2 Å². The van der Waals surface area contributed by atoms with E-state index in [1.165, 1.54) is 0 Å². The summed E-state index contributed by atoms with van der Waals surface area (Å²) in [6.07, 6.45) is -3.28. The number of hydrogen-bond acceptors (Lipinski definition) is 1. The number of alkyl halides is 3. The van der Waals surface area contributed by atoms with Crippen LogP contribution in [-0.4, -0.2) is 12.0 Å². The van der Waals surface area contributed by atoms with Gasteiger partial charge in [-0.05, 0) is 50.7 Å². The number of hydrogen-bond donors (Lipinski definition) is 0. The van der Waals surface area contributed by atoms with E-state index in [0.29, 0.717) is 18.4 Å². The van der Waals surface area contributed by atoms with Gasteiger partial charge in [0.15, 0.2) is 5.78 Å². The summed E-state index contributed by atoms with van der Waals surface area (Å²) in [5.74, 6) is -1.48. The monoisotopic (exact) mass is 284 g/mol. The number of benzene rings is 1. The highest BCUT2D eigenvalue weighted by Crippen LogP contribution is 2.40. The fraction of sp³-hybridized carbons (Fsp3) is 0.562. The van der Waals surface area contributed by atoms with Crippen LogP contribution in [0.5, 0.6) is 0 Å². The molecule has 1 saturated carbocycles. The van der Waals surface area contributed by atoms with Crippen LogP contribution in [-0.2, 0) is 0 Å². The van der Waals surface area contributed by atoms with Gasteiger partial charge in [0.1, 0.15) is 0 Å². The van der Waals surface area contributed by atoms with Crippen LogP contribution in [0.25, 0.3) is 0 Å². The Morgan fingerprint density at radius 3 is 2.25 bits per heavy atom. The van der Waals surface area contributed by atoms with E-state index < -0.39 is 12.1 Å². The molecule has 0 N–H and O–H groups in total. The van der Waals surface area contributed by atoms with Gasteiger partial charge in [-0.3, -0.25) is 4.79 Å². The molecule has 1 aromatic rings. The van der Waals surface area contributed by atoms with Gasteiger partial charge in [-0.1, -0.05) is 18.2 Å². The molecule has 1 aliphatic rings. The first-order valence-electron chi connectivity index (χ1n) is 6.98. The number of rotatable bonds is 2. The fourth-order valence-corrected chi connectivity index (χ4v) is 2.92. The first-order valence-corrected chi connectivity index (χ1v) is 6.98. The Labute approximate surface area is 117 Å². The molecule has 0 aromatic heterocycles. The van der Waals surface area contributed by atoms with Gasteiger partial charge in [0.25, 0.3) is 0 Å². The summed E-state index contributed by atoms with van der Waals surface area (Å²) in [7, 11) is 0. The number of ketones is 1. The highest BCUT2D eigenvalue weighted by Gasteiger charge is 2.42. The predicted molar refractivity (Wildman–Crippen MR) is 71.7 cm³/mol. The largest absolute Gasteiger partial charge is 0.391 e. The minimum absolute atomic E-state index is 0.00632. The molecule has 0 bridgehead atoms. The van der Waals surface area contributed by atoms with E-state index in [2.05, 4.69) is 0 Å². The Bertz CT molecular complexity index is 497. The normalized spacial score (nSPS) is 23.6. The molecule has 0 spiro atoms. The minimum Gasteiger partial charge on any atom is -0.294 e. The molecule has 110 valence electrons. The molecule has 2 rings (SSSR count). The molecule has 1 nitrogen and oxygen atoms in total. The Hall–Kier alpha value is -1.32. The van der Waals surface area contributed by atoms with Gasteiger partial charge in [0.2, 0.25) is 0 Å². The lowest BCUT2D eigenvalue weighted by Gasteiger charge is -2.29. The van der Waals surface area contributed by atoms with Crippen LogP contribution in [0.4, 0.5) is 13.2 Å². The molecule has 1 aromatic carbocycles. The molecule has 0 saturated heterocycles. The lowest BCUT2D eigenvalue weighted by atomic mass is 9.77. The van der Waals surface area contributed by atoms with Gasteiger partial charge in [-0.15, -0.1) is 0 Å². The summed E-state index contributed by atoms with van der Waals surface area (Å²) >= 11 is 0. The van der Waals surface area contributed by atoms with Gasteiger partial charge in [-0.25, -0.2) is 0 Å². The fourth-order valence-electron chi connectivity index (χ4n) is 2.92. The zero-order valence-corrected chi connectivity index (χ0v) is 11.8. The quantitative estimate of drug-likeness (QED) is 0.709. The van der Waals surface area contributed by atoms with Crippen LogP contribution in [0, 0.1) is 25.7 Å². The maximum absolute atomic E-state index is 12.6. The molecular formula is C16H19F3O. The number of halogens is 3. The van der Waals surface area contributed by atoms with Crippen molar-refractivity contribution >= 4 is 5.78 Å². The maximum atomic E-state index is 12.6. The van der Waals surface area contributed by atoms with E-state index >= 15 is 0 Å². The van der Waals surface area contributed by atoms with E-state index in [4.69, 9.17) is 0 Å². The predicted octanol–water partition coefficient (Wildman–Crippen LogP) is 4.85. The second kappa shape index (κ2) is 5.58. The third-order valence-electron chi connectivity index (χ3n) is 4.43. The van der Waals surface area contributed by atoms with Crippen molar-refractivity contribution in [2.45, 2.75) is 45.7 Å². The summed E-state index contributed by atoms with van der Waals surface area (Å²) in [5, 5.41) is 0. The highest BCUT2D eigenvalue weighted by molar-refractivity contribution is 5.99. The molecule has 1 fully saturated rings. The third-order valence-corrected chi connectivity index (χ3v) is 4.43. The van der Waals surface area contributed by atoms with Crippen LogP contribution in [0.1, 0.15) is 47.2 Å². The summed E-state index contributed by atoms with van der Waals surface area (Å²) in [6.45, 7) is 3.83. The van der Waals surface area contributed by atoms with Crippen molar-refractivity contribution in [3.63, 3.8) is 0 Å². The van der Waals surface area contributed by atoms with Crippen LogP contribution in [0.2, 0.25) is 0 Å². The first kappa shape index (κ1) is 15.1. The molecule has 0 atom stereocenters. The van der Waals surface area contributed by atoms with Gasteiger partial charge in [0, 0.05) is 11.5 Å². The Morgan fingerprint density at radius 1 is 1.10 bits per heavy atom. The Balaban J connectivity index is 2.07. The summed E-state index contributed by atoms with van der Waals surface area (Å²) in [6, 6.07) is 5.55. The minimum atomic E-state index is -4.12. The van der Waals surface area contributed by atoms with Crippen molar-refractivity contribution in [1.29, 1.82) is 0 Å². The highest BCUT2D eigenvalue weighted by atomic mass is 19.4. The smallest absolute Gasteiger partial charge is 0.294 e. The van der Waals surface area contributed by atoms with Crippen molar-refractivity contribution in [2.75, 3.05) is 0 Å². The number of Topliss-reactive ketones (excluding diaryl/α,β-unsaturated/α-hetero) is 1. The number of aryl methyl sites for hydroxylation is 1. The van der Waals surface area contributed by atoms with Crippen molar-refractivity contribution in [3.8, 4) is 0 Å². The molecule has 0 unspecified atom stereocenters. The van der Waals surface area contributed by atoms with Crippen LogP contribution >= 0.6 is 0 Å². The van der Waals surface area contributed by atoms with Gasteiger partial charge < -0.3 is 0 Å². The zero-order valence-electron chi connectivity index (χ0n) is 11.8. The average Bonchev–Trinajstić information content (AvgIpc) is 2.40. The molecule has 4 heteroatoms. The average molecular weight is 284 g/mol. The molecule has 20 heavy (non-hydrogen) atoms. The van der Waals surface area contributed by atoms with E-state index in [0.717, 1.165) is 11.1 Å². The standard InChI is InChI=1S/C16H19F3O/c1-10-4-3-5-14(11(10)2)15(20)12-6-8-13(9-7-12)16(17,18)19/h3-5,12-13H,6-9H2,1-2H3. The van der Waals surface area contributed by atoms with E-state index in [9.17, 15) is 18.0 Å². The van der Waals surface area contributed by atoms with Crippen molar-refractivity contribution in [2.24, 2.45) is 11.8 Å². The van der Waals surface area contributed by atoms with Crippen molar-refractivity contribution in [1.82, 2.24) is 0 Å². The molecular weight excluding hydrogens is 265 g/mol. The maximum Gasteiger partial charge on any atom is 0.391 e. The van der Waals surface area contributed by atoms with Gasteiger partial charge >= 0.3 is 6.18 Å². The van der Waals surface area contributed by atoms with Gasteiger partial charge in [0.05, 0.1) is 5.92 Å². The van der Waals surface area contributed by atoms with E-state index in [1.54, 1.807) is 6.07 Å². The lowest BCUT2D eigenvalue weighted by Crippen LogP contribution is -2.30. The van der Waals surface area contributed by atoms with Crippen molar-refractivity contribution in [3.05, 3.63) is 34.9 Å².